The van der Waals surface area contributed by atoms with Crippen molar-refractivity contribution in [2.45, 2.75) is 78.8 Å². The maximum absolute atomic E-state index is 14.2. The highest BCUT2D eigenvalue weighted by atomic mass is 32.2. The summed E-state index contributed by atoms with van der Waals surface area (Å²) in [7, 11) is -4.26. The van der Waals surface area contributed by atoms with Crippen molar-refractivity contribution >= 4 is 38.4 Å². The van der Waals surface area contributed by atoms with Crippen molar-refractivity contribution in [1.82, 2.24) is 0 Å². The summed E-state index contributed by atoms with van der Waals surface area (Å²) >= 11 is 0. The standard InChI is InChI=1S/C32H40N2O4S/c1-10-33-27-14-25-23(12-21(27)19(3)16-30(33,4)5)29(35)24-13-22-20(18-39(36,37)38)17-31(6,7)34(11-2)28(22)15-26(24)32(25,8)9/h12-17H,10-11,18H2,1-9H3,(H,36,37,38). The number of likely N-dealkylation sites (N-methyl/N-ethyl adjacent to an activating group) is 2. The van der Waals surface area contributed by atoms with Gasteiger partial charge in [0.1, 0.15) is 5.75 Å². The molecule has 5 rings (SSSR count). The van der Waals surface area contributed by atoms with E-state index in [0.717, 1.165) is 40.2 Å². The van der Waals surface area contributed by atoms with Gasteiger partial charge in [-0.25, -0.2) is 0 Å². The third-order valence-electron chi connectivity index (χ3n) is 8.92. The van der Waals surface area contributed by atoms with Crippen molar-refractivity contribution in [3.05, 3.63) is 69.8 Å². The van der Waals surface area contributed by atoms with E-state index in [1.807, 2.05) is 26.0 Å². The normalized spacial score (nSPS) is 20.4. The Morgan fingerprint density at radius 1 is 0.744 bits per heavy atom. The summed E-state index contributed by atoms with van der Waals surface area (Å²) in [6.45, 7) is 20.8. The molecule has 2 aromatic carbocycles. The molecule has 208 valence electrons. The van der Waals surface area contributed by atoms with Crippen LogP contribution in [0.5, 0.6) is 0 Å². The average molecular weight is 549 g/mol. The molecule has 0 amide bonds. The largest absolute Gasteiger partial charge is 0.363 e. The number of ketones is 1. The minimum absolute atomic E-state index is 0.0512. The predicted octanol–water partition coefficient (Wildman–Crippen LogP) is 6.47. The van der Waals surface area contributed by atoms with E-state index in [-0.39, 0.29) is 11.3 Å². The van der Waals surface area contributed by atoms with Crippen LogP contribution in [-0.4, -0.2) is 48.7 Å². The van der Waals surface area contributed by atoms with Gasteiger partial charge in [-0.2, -0.15) is 8.42 Å². The summed E-state index contributed by atoms with van der Waals surface area (Å²) in [6, 6.07) is 8.21. The van der Waals surface area contributed by atoms with Crippen molar-refractivity contribution in [3.63, 3.8) is 0 Å². The van der Waals surface area contributed by atoms with Gasteiger partial charge in [0.05, 0.1) is 11.1 Å². The van der Waals surface area contributed by atoms with Gasteiger partial charge in [0.2, 0.25) is 0 Å². The molecule has 0 radical (unpaired) electrons. The highest BCUT2D eigenvalue weighted by molar-refractivity contribution is 7.86. The van der Waals surface area contributed by atoms with E-state index in [9.17, 15) is 17.8 Å². The second kappa shape index (κ2) is 8.55. The summed E-state index contributed by atoms with van der Waals surface area (Å²) in [5.41, 5.74) is 7.64. The smallest absolute Gasteiger partial charge is 0.269 e. The van der Waals surface area contributed by atoms with Crippen LogP contribution in [0.3, 0.4) is 0 Å². The third kappa shape index (κ3) is 4.16. The lowest BCUT2D eigenvalue weighted by Crippen LogP contribution is -2.46. The van der Waals surface area contributed by atoms with Gasteiger partial charge >= 0.3 is 0 Å². The van der Waals surface area contributed by atoms with E-state index < -0.39 is 26.8 Å². The number of hydrogen-bond acceptors (Lipinski definition) is 5. The molecule has 0 saturated heterocycles. The van der Waals surface area contributed by atoms with Crippen LogP contribution in [0.25, 0.3) is 11.1 Å². The summed E-state index contributed by atoms with van der Waals surface area (Å²) in [4.78, 5) is 18.8. The zero-order chi connectivity index (χ0) is 28.9. The van der Waals surface area contributed by atoms with Crippen LogP contribution in [-0.2, 0) is 15.5 Å². The molecule has 0 unspecified atom stereocenters. The van der Waals surface area contributed by atoms with Gasteiger partial charge in [-0.3, -0.25) is 9.35 Å². The summed E-state index contributed by atoms with van der Waals surface area (Å²) in [6.07, 6.45) is 4.17. The fourth-order valence-electron chi connectivity index (χ4n) is 7.26. The van der Waals surface area contributed by atoms with E-state index in [1.165, 1.54) is 0 Å². The fraction of sp³-hybridized carbons (Fsp3) is 0.469. The van der Waals surface area contributed by atoms with Gasteiger partial charge in [-0.1, -0.05) is 26.0 Å². The van der Waals surface area contributed by atoms with Crippen molar-refractivity contribution in [1.29, 1.82) is 0 Å². The molecule has 0 atom stereocenters. The van der Waals surface area contributed by atoms with E-state index in [2.05, 4.69) is 82.5 Å². The van der Waals surface area contributed by atoms with Crippen molar-refractivity contribution in [2.24, 2.45) is 0 Å². The molecule has 0 spiro atoms. The minimum atomic E-state index is -4.26. The molecule has 3 aliphatic rings. The Kier molecular flexibility index (Phi) is 6.06. The first kappa shape index (κ1) is 27.7. The predicted molar refractivity (Wildman–Crippen MR) is 161 cm³/mol. The van der Waals surface area contributed by atoms with Gasteiger partial charge in [-0.15, -0.1) is 0 Å². The molecular formula is C32H40N2O4S. The van der Waals surface area contributed by atoms with Crippen LogP contribution in [0.2, 0.25) is 0 Å². The molecule has 2 aromatic rings. The summed E-state index contributed by atoms with van der Waals surface area (Å²) in [5, 5.41) is 0. The quantitative estimate of drug-likeness (QED) is 0.442. The Morgan fingerprint density at radius 2 is 1.21 bits per heavy atom. The van der Waals surface area contributed by atoms with Crippen molar-refractivity contribution in [2.75, 3.05) is 28.6 Å². The zero-order valence-corrected chi connectivity index (χ0v) is 25.4. The maximum Gasteiger partial charge on any atom is 0.269 e. The monoisotopic (exact) mass is 548 g/mol. The second-order valence-electron chi connectivity index (χ2n) is 12.8. The topological polar surface area (TPSA) is 77.9 Å². The van der Waals surface area contributed by atoms with Crippen molar-refractivity contribution in [3.8, 4) is 0 Å². The molecule has 0 saturated carbocycles. The maximum atomic E-state index is 14.2. The molecule has 0 fully saturated rings. The number of carbonyl (C=O) groups excluding carboxylic acids is 1. The molecular weight excluding hydrogens is 508 g/mol. The van der Waals surface area contributed by atoms with E-state index in [0.29, 0.717) is 28.8 Å². The van der Waals surface area contributed by atoms with Gasteiger partial charge in [0.15, 0.2) is 5.78 Å². The Morgan fingerprint density at radius 3 is 1.69 bits per heavy atom. The van der Waals surface area contributed by atoms with Crippen LogP contribution in [0, 0.1) is 0 Å². The molecule has 6 nitrogen and oxygen atoms in total. The number of carbonyl (C=O) groups is 1. The Labute approximate surface area is 233 Å². The fourth-order valence-corrected chi connectivity index (χ4v) is 7.89. The Balaban J connectivity index is 1.77. The summed E-state index contributed by atoms with van der Waals surface area (Å²) < 4.78 is 33.7. The Bertz CT molecular complexity index is 1590. The Hall–Kier alpha value is -2.90. The second-order valence-corrected chi connectivity index (χ2v) is 14.3. The van der Waals surface area contributed by atoms with Crippen LogP contribution in [0.1, 0.15) is 100 Å². The van der Waals surface area contributed by atoms with E-state index in [4.69, 9.17) is 0 Å². The minimum Gasteiger partial charge on any atom is -0.363 e. The molecule has 1 aliphatic carbocycles. The van der Waals surface area contributed by atoms with Crippen LogP contribution in [0.15, 0.2) is 36.4 Å². The van der Waals surface area contributed by atoms with Crippen LogP contribution < -0.4 is 9.80 Å². The van der Waals surface area contributed by atoms with Gasteiger partial charge in [0.25, 0.3) is 10.1 Å². The lowest BCUT2D eigenvalue weighted by Gasteiger charge is -2.46. The van der Waals surface area contributed by atoms with Crippen molar-refractivity contribution < 1.29 is 17.8 Å². The van der Waals surface area contributed by atoms with Gasteiger partial charge in [-0.05, 0) is 95.0 Å². The molecule has 1 N–H and O–H groups in total. The number of rotatable bonds is 4. The lowest BCUT2D eigenvalue weighted by atomic mass is 9.66. The zero-order valence-electron chi connectivity index (χ0n) is 24.6. The number of anilines is 2. The summed E-state index contributed by atoms with van der Waals surface area (Å²) in [5.74, 6) is -0.543. The highest BCUT2D eigenvalue weighted by Gasteiger charge is 2.42. The number of benzene rings is 2. The first-order valence-electron chi connectivity index (χ1n) is 13.8. The van der Waals surface area contributed by atoms with Gasteiger partial charge < -0.3 is 9.80 Å². The number of allylic oxidation sites excluding steroid dienone is 1. The average Bonchev–Trinajstić information content (AvgIpc) is 2.80. The molecule has 39 heavy (non-hydrogen) atoms. The SMILES string of the molecule is CCN1c2cc3c(cc2C(C)=CC1(C)C)C(=O)c1cc2c(cc1C3(C)C)N(CC)C(C)(C)C=C2CS(=O)(=O)O. The van der Waals surface area contributed by atoms with Crippen LogP contribution >= 0.6 is 0 Å². The molecule has 0 aromatic heterocycles. The van der Waals surface area contributed by atoms with Crippen LogP contribution in [0.4, 0.5) is 11.4 Å². The molecule has 2 aliphatic heterocycles. The first-order valence-corrected chi connectivity index (χ1v) is 15.4. The van der Waals surface area contributed by atoms with Gasteiger partial charge in [0, 0.05) is 52.1 Å². The third-order valence-corrected chi connectivity index (χ3v) is 9.59. The molecule has 0 bridgehead atoms. The first-order chi connectivity index (χ1) is 17.9. The number of fused-ring (bicyclic) bond motifs is 4. The van der Waals surface area contributed by atoms with E-state index >= 15 is 0 Å². The molecule has 7 heteroatoms. The van der Waals surface area contributed by atoms with E-state index in [1.54, 1.807) is 0 Å². The number of hydrogen-bond donors (Lipinski definition) is 1. The highest BCUT2D eigenvalue weighted by Crippen LogP contribution is 2.50. The lowest BCUT2D eigenvalue weighted by molar-refractivity contribution is 0.103. The number of nitrogens with zero attached hydrogens (tertiary/aromatic N) is 2. The molecule has 2 heterocycles.